The number of aliphatic carboxylic acids is 1. The molecule has 0 spiro atoms. The molecule has 20 heavy (non-hydrogen) atoms. The minimum atomic E-state index is -1.16. The predicted molar refractivity (Wildman–Crippen MR) is 83.0 cm³/mol. The Hall–Kier alpha value is -0.610. The van der Waals surface area contributed by atoms with E-state index in [1.54, 1.807) is 0 Å². The van der Waals surface area contributed by atoms with Gasteiger partial charge in [-0.3, -0.25) is 0 Å². The lowest BCUT2D eigenvalue weighted by molar-refractivity contribution is -0.146. The Morgan fingerprint density at radius 1 is 0.800 bits per heavy atom. The fourth-order valence-electron chi connectivity index (χ4n) is 2.30. The van der Waals surface area contributed by atoms with E-state index in [0.29, 0.717) is 6.42 Å². The summed E-state index contributed by atoms with van der Waals surface area (Å²) in [6, 6.07) is 0. The van der Waals surface area contributed by atoms with Gasteiger partial charge in [0.1, 0.15) is 0 Å². The number of carbonyl (C=O) groups is 1. The third-order valence-electron chi connectivity index (χ3n) is 3.62. The first-order valence-electron chi connectivity index (χ1n) is 8.09. The molecule has 4 heteroatoms. The Balaban J connectivity index is 0. The first kappa shape index (κ1) is 21.7. The number of hydrogen-bond acceptors (Lipinski definition) is 2. The average Bonchev–Trinajstić information content (AvgIpc) is 2.39. The van der Waals surface area contributed by atoms with Crippen molar-refractivity contribution < 1.29 is 20.5 Å². The van der Waals surface area contributed by atoms with Crippen LogP contribution in [-0.4, -0.2) is 27.8 Å². The van der Waals surface area contributed by atoms with Gasteiger partial charge in [0.05, 0.1) is 0 Å². The Bertz CT molecular complexity index is 207. The van der Waals surface area contributed by atoms with Gasteiger partial charge >= 0.3 is 5.97 Å². The molecule has 1 unspecified atom stereocenters. The van der Waals surface area contributed by atoms with E-state index >= 15 is 0 Å². The van der Waals surface area contributed by atoms with E-state index in [0.717, 1.165) is 12.8 Å². The van der Waals surface area contributed by atoms with Gasteiger partial charge in [-0.25, -0.2) is 4.79 Å². The highest BCUT2D eigenvalue weighted by molar-refractivity contribution is 5.71. The molecular formula is C16H34O4. The van der Waals surface area contributed by atoms with E-state index < -0.39 is 12.1 Å². The van der Waals surface area contributed by atoms with Crippen molar-refractivity contribution in [2.75, 3.05) is 0 Å². The van der Waals surface area contributed by atoms with Crippen molar-refractivity contribution in [3.63, 3.8) is 0 Å². The van der Waals surface area contributed by atoms with Crippen molar-refractivity contribution in [2.24, 2.45) is 0 Å². The van der Waals surface area contributed by atoms with Crippen molar-refractivity contribution in [2.45, 2.75) is 96.5 Å². The molecule has 122 valence electrons. The molecule has 0 saturated heterocycles. The minimum absolute atomic E-state index is 0. The summed E-state index contributed by atoms with van der Waals surface area (Å²) >= 11 is 0. The lowest BCUT2D eigenvalue weighted by atomic mass is 10.0. The minimum Gasteiger partial charge on any atom is -0.479 e. The zero-order valence-corrected chi connectivity index (χ0v) is 13.1. The number of aliphatic hydroxyl groups excluding tert-OH is 1. The molecule has 0 saturated carbocycles. The van der Waals surface area contributed by atoms with E-state index in [1.165, 1.54) is 64.2 Å². The van der Waals surface area contributed by atoms with Gasteiger partial charge in [-0.2, -0.15) is 0 Å². The fourth-order valence-corrected chi connectivity index (χ4v) is 2.30. The highest BCUT2D eigenvalue weighted by atomic mass is 16.4. The summed E-state index contributed by atoms with van der Waals surface area (Å²) in [5, 5.41) is 17.6. The molecule has 0 rings (SSSR count). The molecule has 0 aromatic rings. The van der Waals surface area contributed by atoms with Crippen LogP contribution in [0.5, 0.6) is 0 Å². The van der Waals surface area contributed by atoms with Crippen LogP contribution in [0.15, 0.2) is 0 Å². The maximum atomic E-state index is 10.4. The Morgan fingerprint density at radius 3 is 1.50 bits per heavy atom. The van der Waals surface area contributed by atoms with Crippen molar-refractivity contribution in [3.05, 3.63) is 0 Å². The molecule has 0 aliphatic rings. The SMILES string of the molecule is CCCCCCCCCCCCCCC(O)C(=O)O.O. The summed E-state index contributed by atoms with van der Waals surface area (Å²) in [5.41, 5.74) is 0. The third kappa shape index (κ3) is 15.4. The largest absolute Gasteiger partial charge is 0.479 e. The van der Waals surface area contributed by atoms with Crippen LogP contribution < -0.4 is 0 Å². The average molecular weight is 290 g/mol. The molecule has 0 aromatic carbocycles. The molecule has 0 radical (unpaired) electrons. The second-order valence-corrected chi connectivity index (χ2v) is 5.53. The first-order chi connectivity index (χ1) is 9.18. The maximum absolute atomic E-state index is 10.4. The monoisotopic (exact) mass is 290 g/mol. The summed E-state index contributed by atoms with van der Waals surface area (Å²) in [6.45, 7) is 2.25. The molecule has 0 aliphatic carbocycles. The van der Waals surface area contributed by atoms with Crippen molar-refractivity contribution in [1.29, 1.82) is 0 Å². The smallest absolute Gasteiger partial charge is 0.332 e. The van der Waals surface area contributed by atoms with Gasteiger partial charge in [-0.05, 0) is 6.42 Å². The number of unbranched alkanes of at least 4 members (excludes halogenated alkanes) is 11. The molecular weight excluding hydrogens is 256 g/mol. The van der Waals surface area contributed by atoms with Crippen molar-refractivity contribution >= 4 is 5.97 Å². The normalized spacial score (nSPS) is 11.9. The fraction of sp³-hybridized carbons (Fsp3) is 0.938. The van der Waals surface area contributed by atoms with Gasteiger partial charge < -0.3 is 15.7 Å². The number of hydrogen-bond donors (Lipinski definition) is 2. The van der Waals surface area contributed by atoms with E-state index in [9.17, 15) is 4.79 Å². The number of aliphatic hydroxyl groups is 1. The highest BCUT2D eigenvalue weighted by Crippen LogP contribution is 2.12. The lowest BCUT2D eigenvalue weighted by Gasteiger charge is -2.05. The molecule has 0 heterocycles. The Morgan fingerprint density at radius 2 is 1.15 bits per heavy atom. The topological polar surface area (TPSA) is 89.0 Å². The summed E-state index contributed by atoms with van der Waals surface area (Å²) in [6.07, 6.45) is 14.4. The summed E-state index contributed by atoms with van der Waals surface area (Å²) < 4.78 is 0. The van der Waals surface area contributed by atoms with E-state index in [1.807, 2.05) is 0 Å². The summed E-state index contributed by atoms with van der Waals surface area (Å²) in [7, 11) is 0. The van der Waals surface area contributed by atoms with Crippen LogP contribution in [0.4, 0.5) is 0 Å². The number of carboxylic acid groups (broad SMARTS) is 1. The van der Waals surface area contributed by atoms with Crippen LogP contribution in [0, 0.1) is 0 Å². The van der Waals surface area contributed by atoms with Crippen LogP contribution in [-0.2, 0) is 4.79 Å². The van der Waals surface area contributed by atoms with Crippen molar-refractivity contribution in [3.8, 4) is 0 Å². The molecule has 0 fully saturated rings. The molecule has 0 aromatic heterocycles. The van der Waals surface area contributed by atoms with E-state index in [4.69, 9.17) is 10.2 Å². The zero-order chi connectivity index (χ0) is 14.3. The van der Waals surface area contributed by atoms with E-state index in [-0.39, 0.29) is 5.48 Å². The van der Waals surface area contributed by atoms with Crippen LogP contribution in [0.2, 0.25) is 0 Å². The molecule has 4 nitrogen and oxygen atoms in total. The quantitative estimate of drug-likeness (QED) is 0.478. The second-order valence-electron chi connectivity index (χ2n) is 5.53. The van der Waals surface area contributed by atoms with Crippen LogP contribution in [0.25, 0.3) is 0 Å². The van der Waals surface area contributed by atoms with Gasteiger partial charge in [-0.1, -0.05) is 84.0 Å². The van der Waals surface area contributed by atoms with Gasteiger partial charge in [-0.15, -0.1) is 0 Å². The van der Waals surface area contributed by atoms with Crippen molar-refractivity contribution in [1.82, 2.24) is 0 Å². The maximum Gasteiger partial charge on any atom is 0.332 e. The lowest BCUT2D eigenvalue weighted by Crippen LogP contribution is -2.18. The van der Waals surface area contributed by atoms with Gasteiger partial charge in [0, 0.05) is 0 Å². The predicted octanol–water partition coefficient (Wildman–Crippen LogP) is 3.70. The molecule has 0 aliphatic heterocycles. The van der Waals surface area contributed by atoms with Gasteiger partial charge in [0.15, 0.2) is 6.10 Å². The van der Waals surface area contributed by atoms with Gasteiger partial charge in [0.2, 0.25) is 0 Å². The molecule has 1 atom stereocenters. The first-order valence-corrected chi connectivity index (χ1v) is 8.09. The second kappa shape index (κ2) is 16.4. The third-order valence-corrected chi connectivity index (χ3v) is 3.62. The van der Waals surface area contributed by atoms with Crippen LogP contribution >= 0.6 is 0 Å². The molecule has 4 N–H and O–H groups in total. The summed E-state index contributed by atoms with van der Waals surface area (Å²) in [5.74, 6) is -1.09. The van der Waals surface area contributed by atoms with E-state index in [2.05, 4.69) is 6.92 Å². The van der Waals surface area contributed by atoms with Crippen LogP contribution in [0.3, 0.4) is 0 Å². The zero-order valence-electron chi connectivity index (χ0n) is 13.1. The van der Waals surface area contributed by atoms with Crippen LogP contribution in [0.1, 0.15) is 90.4 Å². The number of rotatable bonds is 14. The standard InChI is InChI=1S/C16H32O3.H2O/c1-2-3-4-5-6-7-8-9-10-11-12-13-14-15(17)16(18)19;/h15,17H,2-14H2,1H3,(H,18,19);1H2. The Labute approximate surface area is 123 Å². The van der Waals surface area contributed by atoms with Gasteiger partial charge in [0.25, 0.3) is 0 Å². The summed E-state index contributed by atoms with van der Waals surface area (Å²) in [4.78, 5) is 10.4. The molecule has 0 bridgehead atoms. The molecule has 0 amide bonds. The Kier molecular flexibility index (Phi) is 17.8. The number of carboxylic acids is 1. The highest BCUT2D eigenvalue weighted by Gasteiger charge is 2.11.